The lowest BCUT2D eigenvalue weighted by Crippen LogP contribution is -2.48. The first-order chi connectivity index (χ1) is 10.6. The fourth-order valence-electron chi connectivity index (χ4n) is 2.23. The van der Waals surface area contributed by atoms with Crippen LogP contribution in [0.15, 0.2) is 17.5 Å². The molecule has 3 rings (SSSR count). The van der Waals surface area contributed by atoms with Gasteiger partial charge < -0.3 is 14.7 Å². The molecule has 1 fully saturated rings. The third kappa shape index (κ3) is 2.90. The lowest BCUT2D eigenvalue weighted by molar-refractivity contribution is -0.154. The van der Waals surface area contributed by atoms with Gasteiger partial charge in [-0.3, -0.25) is 4.79 Å². The number of aryl methyl sites for hydroxylation is 1. The van der Waals surface area contributed by atoms with Gasteiger partial charge in [0.2, 0.25) is 0 Å². The van der Waals surface area contributed by atoms with E-state index in [-0.39, 0.29) is 19.1 Å². The lowest BCUT2D eigenvalue weighted by Gasteiger charge is -2.30. The first-order valence-corrected chi connectivity index (χ1v) is 8.41. The van der Waals surface area contributed by atoms with Gasteiger partial charge in [-0.25, -0.2) is 9.78 Å². The van der Waals surface area contributed by atoms with E-state index in [1.165, 1.54) is 16.2 Å². The number of carbonyl (C=O) groups excluding carboxylic acids is 1. The molecule has 0 bridgehead atoms. The number of hydrogen-bond acceptors (Lipinski definition) is 6. The standard InChI is InChI=1S/C14H14N2O4S2/c1-8-11(22-12(15-8)10-3-2-6-21-10)13(17)16-4-5-20-9(7-16)14(18)19/h2-3,6,9H,4-5,7H2,1H3,(H,18,19). The third-order valence-corrected chi connectivity index (χ3v) is 5.54. The minimum absolute atomic E-state index is 0.0693. The maximum Gasteiger partial charge on any atom is 0.334 e. The van der Waals surface area contributed by atoms with Gasteiger partial charge in [-0.15, -0.1) is 22.7 Å². The summed E-state index contributed by atoms with van der Waals surface area (Å²) in [6.45, 7) is 2.50. The average molecular weight is 338 g/mol. The Hall–Kier alpha value is -1.77. The molecule has 1 amide bonds. The van der Waals surface area contributed by atoms with E-state index in [1.807, 2.05) is 17.5 Å². The highest BCUT2D eigenvalue weighted by Crippen LogP contribution is 2.31. The molecule has 8 heteroatoms. The zero-order chi connectivity index (χ0) is 15.7. The monoisotopic (exact) mass is 338 g/mol. The number of aliphatic carboxylic acids is 1. The van der Waals surface area contributed by atoms with Crippen molar-refractivity contribution in [2.24, 2.45) is 0 Å². The van der Waals surface area contributed by atoms with E-state index in [4.69, 9.17) is 9.84 Å². The predicted octanol–water partition coefficient (Wildman–Crippen LogP) is 2.11. The molecule has 1 unspecified atom stereocenters. The summed E-state index contributed by atoms with van der Waals surface area (Å²) in [6.07, 6.45) is -0.956. The number of amides is 1. The van der Waals surface area contributed by atoms with Crippen LogP contribution < -0.4 is 0 Å². The van der Waals surface area contributed by atoms with Crippen molar-refractivity contribution in [1.82, 2.24) is 9.88 Å². The van der Waals surface area contributed by atoms with E-state index in [2.05, 4.69) is 4.98 Å². The highest BCUT2D eigenvalue weighted by Gasteiger charge is 2.31. The first kappa shape index (κ1) is 15.1. The lowest BCUT2D eigenvalue weighted by atomic mass is 10.2. The molecule has 0 radical (unpaired) electrons. The van der Waals surface area contributed by atoms with Crippen molar-refractivity contribution in [1.29, 1.82) is 0 Å². The molecule has 3 heterocycles. The van der Waals surface area contributed by atoms with Gasteiger partial charge in [-0.1, -0.05) is 6.07 Å². The van der Waals surface area contributed by atoms with Gasteiger partial charge in [0.15, 0.2) is 6.10 Å². The van der Waals surface area contributed by atoms with E-state index in [9.17, 15) is 9.59 Å². The smallest absolute Gasteiger partial charge is 0.334 e. The van der Waals surface area contributed by atoms with Crippen LogP contribution in [0, 0.1) is 6.92 Å². The molecule has 0 saturated carbocycles. The SMILES string of the molecule is Cc1nc(-c2cccs2)sc1C(=O)N1CCOC(C(=O)O)C1. The number of thiazole rings is 1. The molecule has 116 valence electrons. The summed E-state index contributed by atoms with van der Waals surface area (Å²) in [5, 5.41) is 11.8. The molecule has 1 aliphatic rings. The quantitative estimate of drug-likeness (QED) is 0.927. The molecule has 0 aromatic carbocycles. The number of aromatic nitrogens is 1. The van der Waals surface area contributed by atoms with Crippen LogP contribution in [0.3, 0.4) is 0 Å². The van der Waals surface area contributed by atoms with Crippen LogP contribution in [0.2, 0.25) is 0 Å². The number of hydrogen-bond donors (Lipinski definition) is 1. The molecule has 1 saturated heterocycles. The van der Waals surface area contributed by atoms with Crippen LogP contribution in [-0.2, 0) is 9.53 Å². The van der Waals surface area contributed by atoms with Crippen molar-refractivity contribution >= 4 is 34.6 Å². The molecular formula is C14H14N2O4S2. The molecule has 2 aromatic heterocycles. The summed E-state index contributed by atoms with van der Waals surface area (Å²) in [5.74, 6) is -1.22. The Kier molecular flexibility index (Phi) is 4.23. The van der Waals surface area contributed by atoms with Gasteiger partial charge in [0.05, 0.1) is 23.7 Å². The fraction of sp³-hybridized carbons (Fsp3) is 0.357. The van der Waals surface area contributed by atoms with E-state index in [1.54, 1.807) is 18.3 Å². The Morgan fingerprint density at radius 3 is 3.00 bits per heavy atom. The number of nitrogens with zero attached hydrogens (tertiary/aromatic N) is 2. The number of thiophene rings is 1. The third-order valence-electron chi connectivity index (χ3n) is 3.35. The Labute approximate surface area is 135 Å². The zero-order valence-electron chi connectivity index (χ0n) is 11.8. The van der Waals surface area contributed by atoms with Gasteiger partial charge in [0.25, 0.3) is 5.91 Å². The minimum Gasteiger partial charge on any atom is -0.479 e. The molecule has 22 heavy (non-hydrogen) atoms. The highest BCUT2D eigenvalue weighted by molar-refractivity contribution is 7.22. The summed E-state index contributed by atoms with van der Waals surface area (Å²) in [7, 11) is 0. The van der Waals surface area contributed by atoms with Crippen LogP contribution in [0.1, 0.15) is 15.4 Å². The highest BCUT2D eigenvalue weighted by atomic mass is 32.1. The van der Waals surface area contributed by atoms with Gasteiger partial charge >= 0.3 is 5.97 Å². The van der Waals surface area contributed by atoms with Crippen molar-refractivity contribution in [2.45, 2.75) is 13.0 Å². The molecule has 2 aromatic rings. The van der Waals surface area contributed by atoms with E-state index in [0.717, 1.165) is 9.88 Å². The van der Waals surface area contributed by atoms with Crippen molar-refractivity contribution in [3.8, 4) is 9.88 Å². The number of rotatable bonds is 3. The number of morpholine rings is 1. The summed E-state index contributed by atoms with van der Waals surface area (Å²) >= 11 is 2.92. The Balaban J connectivity index is 1.82. The first-order valence-electron chi connectivity index (χ1n) is 6.71. The van der Waals surface area contributed by atoms with Crippen LogP contribution in [-0.4, -0.2) is 52.7 Å². The van der Waals surface area contributed by atoms with Crippen LogP contribution >= 0.6 is 22.7 Å². The van der Waals surface area contributed by atoms with E-state index < -0.39 is 12.1 Å². The second-order valence-corrected chi connectivity index (χ2v) is 6.81. The van der Waals surface area contributed by atoms with Crippen molar-refractivity contribution in [3.63, 3.8) is 0 Å². The Morgan fingerprint density at radius 2 is 2.32 bits per heavy atom. The Morgan fingerprint density at radius 1 is 1.50 bits per heavy atom. The maximum absolute atomic E-state index is 12.6. The van der Waals surface area contributed by atoms with Crippen LogP contribution in [0.4, 0.5) is 0 Å². The normalized spacial score (nSPS) is 18.4. The van der Waals surface area contributed by atoms with Gasteiger partial charge in [-0.2, -0.15) is 0 Å². The minimum atomic E-state index is -1.04. The largest absolute Gasteiger partial charge is 0.479 e. The molecule has 0 spiro atoms. The average Bonchev–Trinajstić information content (AvgIpc) is 3.16. The van der Waals surface area contributed by atoms with Gasteiger partial charge in [-0.05, 0) is 18.4 Å². The van der Waals surface area contributed by atoms with Crippen molar-refractivity contribution < 1.29 is 19.4 Å². The van der Waals surface area contributed by atoms with Gasteiger partial charge in [0.1, 0.15) is 9.88 Å². The summed E-state index contributed by atoms with van der Waals surface area (Å²) in [6, 6.07) is 3.91. The molecule has 1 atom stereocenters. The summed E-state index contributed by atoms with van der Waals surface area (Å²) in [4.78, 5) is 31.2. The Bertz CT molecular complexity index is 696. The maximum atomic E-state index is 12.6. The van der Waals surface area contributed by atoms with E-state index in [0.29, 0.717) is 17.1 Å². The number of ether oxygens (including phenoxy) is 1. The summed E-state index contributed by atoms with van der Waals surface area (Å²) in [5.41, 5.74) is 0.678. The molecular weight excluding hydrogens is 324 g/mol. The predicted molar refractivity (Wildman–Crippen MR) is 83.4 cm³/mol. The van der Waals surface area contributed by atoms with Crippen molar-refractivity contribution in [3.05, 3.63) is 28.1 Å². The second-order valence-electron chi connectivity index (χ2n) is 4.86. The van der Waals surface area contributed by atoms with Crippen molar-refractivity contribution in [2.75, 3.05) is 19.7 Å². The number of carboxylic acids is 1. The zero-order valence-corrected chi connectivity index (χ0v) is 13.4. The molecule has 1 aliphatic heterocycles. The molecule has 6 nitrogen and oxygen atoms in total. The van der Waals surface area contributed by atoms with E-state index >= 15 is 0 Å². The van der Waals surface area contributed by atoms with Crippen LogP contribution in [0.25, 0.3) is 9.88 Å². The topological polar surface area (TPSA) is 79.7 Å². The number of carbonyl (C=O) groups is 2. The number of carboxylic acid groups (broad SMARTS) is 1. The fourth-order valence-corrected chi connectivity index (χ4v) is 4.06. The molecule has 1 N–H and O–H groups in total. The summed E-state index contributed by atoms with van der Waals surface area (Å²) < 4.78 is 5.15. The molecule has 0 aliphatic carbocycles. The second kappa shape index (κ2) is 6.15. The van der Waals surface area contributed by atoms with Crippen LogP contribution in [0.5, 0.6) is 0 Å². The van der Waals surface area contributed by atoms with Gasteiger partial charge in [0, 0.05) is 6.54 Å².